The fourth-order valence-corrected chi connectivity index (χ4v) is 4.69. The third-order valence-electron chi connectivity index (χ3n) is 5.01. The van der Waals surface area contributed by atoms with Crippen LogP contribution >= 0.6 is 11.8 Å². The molecule has 1 unspecified atom stereocenters. The van der Waals surface area contributed by atoms with Gasteiger partial charge in [0.15, 0.2) is 5.16 Å². The van der Waals surface area contributed by atoms with Gasteiger partial charge in [0, 0.05) is 18.2 Å². The fraction of sp³-hybridized carbons (Fsp3) is 0.571. The molecule has 0 bridgehead atoms. The number of rotatable bonds is 8. The largest absolute Gasteiger partial charge is 0.469 e. The predicted molar refractivity (Wildman–Crippen MR) is 114 cm³/mol. The van der Waals surface area contributed by atoms with Crippen molar-refractivity contribution in [3.05, 3.63) is 34.6 Å². The molecule has 2 atom stereocenters. The molecule has 0 amide bonds. The molecule has 0 aliphatic carbocycles. The Balaban J connectivity index is 1.78. The maximum absolute atomic E-state index is 13.0. The number of nitrogens with zero attached hydrogens (tertiary/aromatic N) is 2. The molecule has 1 aliphatic heterocycles. The molecular formula is C21H30N3O4S+. The number of ether oxygens (including phenoxy) is 2. The zero-order chi connectivity index (χ0) is 20.8. The molecule has 1 fully saturated rings. The molecule has 8 heteroatoms. The van der Waals surface area contributed by atoms with Gasteiger partial charge in [-0.05, 0) is 12.1 Å². The Morgan fingerprint density at radius 3 is 2.97 bits per heavy atom. The maximum Gasteiger partial charge on any atom is 0.307 e. The van der Waals surface area contributed by atoms with Crippen LogP contribution in [0.25, 0.3) is 10.9 Å². The molecule has 2 heterocycles. The second kappa shape index (κ2) is 10.2. The summed E-state index contributed by atoms with van der Waals surface area (Å²) in [5.41, 5.74) is 0.546. The Morgan fingerprint density at radius 2 is 2.21 bits per heavy atom. The van der Waals surface area contributed by atoms with E-state index in [2.05, 4.69) is 13.8 Å². The van der Waals surface area contributed by atoms with Gasteiger partial charge in [-0.1, -0.05) is 37.7 Å². The number of hydrogen-bond acceptors (Lipinski definition) is 6. The minimum atomic E-state index is -0.343. The zero-order valence-corrected chi connectivity index (χ0v) is 18.2. The number of aromatic nitrogens is 2. The second-order valence-corrected chi connectivity index (χ2v) is 8.79. The first kappa shape index (κ1) is 21.8. The molecule has 1 aromatic carbocycles. The van der Waals surface area contributed by atoms with Gasteiger partial charge in [-0.3, -0.25) is 14.2 Å². The molecule has 0 saturated carbocycles. The molecule has 0 spiro atoms. The third kappa shape index (κ3) is 5.81. The van der Waals surface area contributed by atoms with Gasteiger partial charge in [-0.2, -0.15) is 0 Å². The smallest absolute Gasteiger partial charge is 0.307 e. The van der Waals surface area contributed by atoms with Crippen molar-refractivity contribution in [1.29, 1.82) is 0 Å². The van der Waals surface area contributed by atoms with Crippen LogP contribution in [0.5, 0.6) is 0 Å². The van der Waals surface area contributed by atoms with E-state index in [4.69, 9.17) is 14.5 Å². The number of methoxy groups -OCH3 is 1. The lowest BCUT2D eigenvalue weighted by atomic mass is 10.2. The van der Waals surface area contributed by atoms with Crippen molar-refractivity contribution in [3.63, 3.8) is 0 Å². The van der Waals surface area contributed by atoms with Gasteiger partial charge in [0.05, 0.1) is 37.6 Å². The summed E-state index contributed by atoms with van der Waals surface area (Å²) in [7, 11) is 1.35. The summed E-state index contributed by atoms with van der Waals surface area (Å²) in [4.78, 5) is 30.9. The fourth-order valence-electron chi connectivity index (χ4n) is 3.65. The number of benzene rings is 1. The van der Waals surface area contributed by atoms with Crippen molar-refractivity contribution >= 4 is 28.6 Å². The monoisotopic (exact) mass is 420 g/mol. The summed E-state index contributed by atoms with van der Waals surface area (Å²) in [5.74, 6) is 1.04. The Hall–Kier alpha value is -1.90. The Kier molecular flexibility index (Phi) is 7.69. The van der Waals surface area contributed by atoms with Gasteiger partial charge >= 0.3 is 5.97 Å². The first-order valence-corrected chi connectivity index (χ1v) is 11.1. The van der Waals surface area contributed by atoms with Crippen LogP contribution in [0.3, 0.4) is 0 Å². The van der Waals surface area contributed by atoms with E-state index in [-0.39, 0.29) is 30.6 Å². The Morgan fingerprint density at radius 1 is 1.41 bits per heavy atom. The molecule has 1 aromatic heterocycles. The van der Waals surface area contributed by atoms with Crippen LogP contribution in [-0.2, 0) is 20.8 Å². The average Bonchev–Trinajstić information content (AvgIpc) is 2.71. The summed E-state index contributed by atoms with van der Waals surface area (Å²) >= 11 is 1.52. The normalized spacial score (nSPS) is 19.6. The van der Waals surface area contributed by atoms with Crippen molar-refractivity contribution < 1.29 is 19.2 Å². The predicted octanol–water partition coefficient (Wildman–Crippen LogP) is 0.991. The van der Waals surface area contributed by atoms with E-state index in [9.17, 15) is 9.59 Å². The number of nitrogens with one attached hydrogen (secondary N) is 1. The minimum Gasteiger partial charge on any atom is -0.469 e. The van der Waals surface area contributed by atoms with E-state index in [1.165, 1.54) is 18.9 Å². The number of esters is 1. The highest BCUT2D eigenvalue weighted by atomic mass is 32.2. The van der Waals surface area contributed by atoms with Crippen LogP contribution in [0.4, 0.5) is 0 Å². The molecule has 1 aliphatic rings. The maximum atomic E-state index is 13.0. The van der Waals surface area contributed by atoms with Crippen LogP contribution in [0.1, 0.15) is 20.3 Å². The van der Waals surface area contributed by atoms with Crippen LogP contribution < -0.4 is 10.5 Å². The molecule has 158 valence electrons. The van der Waals surface area contributed by atoms with Gasteiger partial charge in [0.1, 0.15) is 19.2 Å². The van der Waals surface area contributed by atoms with Crippen molar-refractivity contribution in [3.8, 4) is 0 Å². The Bertz CT molecular complexity index is 899. The molecule has 2 aromatic rings. The van der Waals surface area contributed by atoms with Crippen LogP contribution in [0, 0.1) is 5.92 Å². The highest BCUT2D eigenvalue weighted by Crippen LogP contribution is 2.20. The number of fused-ring (bicyclic) bond motifs is 1. The quantitative estimate of drug-likeness (QED) is 0.390. The lowest BCUT2D eigenvalue weighted by Gasteiger charge is -2.31. The zero-order valence-electron chi connectivity index (χ0n) is 17.3. The molecular weight excluding hydrogens is 390 g/mol. The Labute approximate surface area is 175 Å². The van der Waals surface area contributed by atoms with Crippen LogP contribution in [0.2, 0.25) is 0 Å². The lowest BCUT2D eigenvalue weighted by molar-refractivity contribution is -0.914. The van der Waals surface area contributed by atoms with Gasteiger partial charge in [-0.15, -0.1) is 0 Å². The summed E-state index contributed by atoms with van der Waals surface area (Å²) in [6.45, 7) is 8.64. The highest BCUT2D eigenvalue weighted by molar-refractivity contribution is 7.99. The first-order valence-electron chi connectivity index (χ1n) is 10.1. The molecule has 1 saturated heterocycles. The van der Waals surface area contributed by atoms with E-state index in [1.807, 2.05) is 18.2 Å². The van der Waals surface area contributed by atoms with Crippen LogP contribution in [0.15, 0.2) is 34.2 Å². The molecule has 7 nitrogen and oxygen atoms in total. The third-order valence-corrected chi connectivity index (χ3v) is 6.12. The van der Waals surface area contributed by atoms with Gasteiger partial charge in [0.25, 0.3) is 5.56 Å². The van der Waals surface area contributed by atoms with E-state index in [1.54, 1.807) is 15.5 Å². The molecule has 3 rings (SSSR count). The second-order valence-electron chi connectivity index (χ2n) is 7.80. The standard InChI is InChI=1S/C21H29N3O4S/c1-15(2)12-23-10-11-28-16(13-23)14-29-21-22-18-7-5-4-6-17(18)20(26)24(21)9-8-19(25)27-3/h4-7,15-16H,8-14H2,1-3H3/p+1/t16-/m0/s1. The SMILES string of the molecule is COC(=O)CCn1c(SC[C@@H]2C[NH+](CC(C)C)CCO2)nc2ccccc2c1=O. The average molecular weight is 421 g/mol. The number of carbonyl (C=O) groups is 1. The number of thioether (sulfide) groups is 1. The lowest BCUT2D eigenvalue weighted by Crippen LogP contribution is -3.15. The number of carbonyl (C=O) groups excluding carboxylic acids is 1. The highest BCUT2D eigenvalue weighted by Gasteiger charge is 2.25. The number of hydrogen-bond donors (Lipinski definition) is 1. The number of quaternary nitrogens is 1. The first-order chi connectivity index (χ1) is 14.0. The molecule has 1 N–H and O–H groups in total. The van der Waals surface area contributed by atoms with Crippen molar-refractivity contribution in [2.24, 2.45) is 5.92 Å². The summed E-state index contributed by atoms with van der Waals surface area (Å²) in [6.07, 6.45) is 0.260. The van der Waals surface area contributed by atoms with Crippen LogP contribution in [-0.4, -0.2) is 60.7 Å². The van der Waals surface area contributed by atoms with Crippen molar-refractivity contribution in [1.82, 2.24) is 9.55 Å². The van der Waals surface area contributed by atoms with Gasteiger partial charge < -0.3 is 14.4 Å². The summed E-state index contributed by atoms with van der Waals surface area (Å²) < 4.78 is 12.3. The molecule has 29 heavy (non-hydrogen) atoms. The summed E-state index contributed by atoms with van der Waals surface area (Å²) in [6, 6.07) is 7.31. The number of morpholine rings is 1. The molecule has 0 radical (unpaired) electrons. The van der Waals surface area contributed by atoms with E-state index >= 15 is 0 Å². The van der Waals surface area contributed by atoms with E-state index in [0.29, 0.717) is 22.0 Å². The topological polar surface area (TPSA) is 74.9 Å². The number of para-hydroxylation sites is 1. The van der Waals surface area contributed by atoms with Gasteiger partial charge in [0.2, 0.25) is 0 Å². The minimum absolute atomic E-state index is 0.125. The van der Waals surface area contributed by atoms with E-state index in [0.717, 1.165) is 32.0 Å². The summed E-state index contributed by atoms with van der Waals surface area (Å²) in [5, 5.41) is 1.18. The van der Waals surface area contributed by atoms with E-state index < -0.39 is 0 Å². The van der Waals surface area contributed by atoms with Gasteiger partial charge in [-0.25, -0.2) is 4.98 Å². The van der Waals surface area contributed by atoms with Crippen molar-refractivity contribution in [2.45, 2.75) is 38.1 Å². The van der Waals surface area contributed by atoms with Crippen molar-refractivity contribution in [2.75, 3.05) is 39.1 Å².